The summed E-state index contributed by atoms with van der Waals surface area (Å²) in [5.74, 6) is -0.794. The van der Waals surface area contributed by atoms with Crippen molar-refractivity contribution in [1.82, 2.24) is 10.2 Å². The van der Waals surface area contributed by atoms with Gasteiger partial charge in [-0.3, -0.25) is 9.59 Å². The molecule has 2 amide bonds. The normalized spacial score (nSPS) is 18.0. The van der Waals surface area contributed by atoms with E-state index in [0.717, 1.165) is 11.1 Å². The first-order chi connectivity index (χ1) is 12.4. The summed E-state index contributed by atoms with van der Waals surface area (Å²) in [6, 6.07) is 13.9. The molecular formula is C21H23FN2O2. The highest BCUT2D eigenvalue weighted by molar-refractivity contribution is 5.89. The lowest BCUT2D eigenvalue weighted by Gasteiger charge is -2.19. The van der Waals surface area contributed by atoms with Gasteiger partial charge in [0.25, 0.3) is 0 Å². The second-order valence-electron chi connectivity index (χ2n) is 6.94. The number of rotatable bonds is 5. The number of halogens is 1. The molecule has 1 aliphatic heterocycles. The highest BCUT2D eigenvalue weighted by Crippen LogP contribution is 2.22. The third-order valence-electron chi connectivity index (χ3n) is 4.81. The predicted molar refractivity (Wildman–Crippen MR) is 97.7 cm³/mol. The van der Waals surface area contributed by atoms with Crippen LogP contribution in [0, 0.1) is 18.7 Å². The molecule has 2 aromatic carbocycles. The van der Waals surface area contributed by atoms with Crippen LogP contribution in [0.3, 0.4) is 0 Å². The summed E-state index contributed by atoms with van der Waals surface area (Å²) in [7, 11) is 0. The summed E-state index contributed by atoms with van der Waals surface area (Å²) < 4.78 is 13.0. The van der Waals surface area contributed by atoms with Gasteiger partial charge in [-0.25, -0.2) is 4.39 Å². The number of likely N-dealkylation sites (tertiary alicyclic amines) is 1. The average molecular weight is 354 g/mol. The number of hydrogen-bond donors (Lipinski definition) is 1. The lowest BCUT2D eigenvalue weighted by atomic mass is 10.0. The van der Waals surface area contributed by atoms with Crippen molar-refractivity contribution in [3.63, 3.8) is 0 Å². The molecule has 26 heavy (non-hydrogen) atoms. The highest BCUT2D eigenvalue weighted by atomic mass is 19.1. The minimum absolute atomic E-state index is 0.000148. The maximum absolute atomic E-state index is 13.0. The first-order valence-corrected chi connectivity index (χ1v) is 8.81. The summed E-state index contributed by atoms with van der Waals surface area (Å²) in [4.78, 5) is 26.5. The number of carbonyl (C=O) groups excluding carboxylic acids is 2. The molecule has 2 atom stereocenters. The molecule has 1 N–H and O–H groups in total. The van der Waals surface area contributed by atoms with Crippen LogP contribution in [0.25, 0.3) is 0 Å². The van der Waals surface area contributed by atoms with E-state index in [1.807, 2.05) is 38.1 Å². The monoisotopic (exact) mass is 354 g/mol. The van der Waals surface area contributed by atoms with Gasteiger partial charge >= 0.3 is 0 Å². The fourth-order valence-corrected chi connectivity index (χ4v) is 3.18. The Morgan fingerprint density at radius 3 is 2.50 bits per heavy atom. The standard InChI is InChI=1S/C21H23FN2O2/c1-14-3-5-16(6-4-14)12-24-13-18(11-20(24)25)21(26)23-15(2)17-7-9-19(22)10-8-17/h3-10,15,18H,11-13H2,1-2H3,(H,23,26)/t15-,18+/m1/s1. The summed E-state index contributed by atoms with van der Waals surface area (Å²) >= 11 is 0. The fourth-order valence-electron chi connectivity index (χ4n) is 3.18. The van der Waals surface area contributed by atoms with Crippen molar-refractivity contribution in [2.24, 2.45) is 5.92 Å². The van der Waals surface area contributed by atoms with Crippen molar-refractivity contribution in [2.45, 2.75) is 32.9 Å². The van der Waals surface area contributed by atoms with Crippen LogP contribution in [0.1, 0.15) is 36.1 Å². The van der Waals surface area contributed by atoms with E-state index < -0.39 is 0 Å². The van der Waals surface area contributed by atoms with Crippen molar-refractivity contribution in [3.05, 3.63) is 71.0 Å². The van der Waals surface area contributed by atoms with E-state index in [1.54, 1.807) is 17.0 Å². The van der Waals surface area contributed by atoms with Gasteiger partial charge in [0, 0.05) is 19.5 Å². The summed E-state index contributed by atoms with van der Waals surface area (Å²) in [6.07, 6.45) is 0.230. The number of amides is 2. The smallest absolute Gasteiger partial charge is 0.225 e. The second-order valence-corrected chi connectivity index (χ2v) is 6.94. The average Bonchev–Trinajstić information content (AvgIpc) is 2.98. The zero-order valence-electron chi connectivity index (χ0n) is 15.0. The number of nitrogens with zero attached hydrogens (tertiary/aromatic N) is 1. The van der Waals surface area contributed by atoms with Gasteiger partial charge < -0.3 is 10.2 Å². The number of aryl methyl sites for hydroxylation is 1. The van der Waals surface area contributed by atoms with E-state index in [4.69, 9.17) is 0 Å². The third kappa shape index (κ3) is 4.28. The van der Waals surface area contributed by atoms with E-state index in [-0.39, 0.29) is 36.0 Å². The Kier molecular flexibility index (Phi) is 5.35. The molecule has 1 fully saturated rings. The topological polar surface area (TPSA) is 49.4 Å². The van der Waals surface area contributed by atoms with Gasteiger partial charge in [-0.15, -0.1) is 0 Å². The highest BCUT2D eigenvalue weighted by Gasteiger charge is 2.34. The van der Waals surface area contributed by atoms with Gasteiger partial charge in [0.15, 0.2) is 0 Å². The molecule has 3 rings (SSSR count). The van der Waals surface area contributed by atoms with Gasteiger partial charge in [-0.2, -0.15) is 0 Å². The quantitative estimate of drug-likeness (QED) is 0.895. The van der Waals surface area contributed by atoms with Gasteiger partial charge in [-0.1, -0.05) is 42.0 Å². The Hall–Kier alpha value is -2.69. The maximum atomic E-state index is 13.0. The lowest BCUT2D eigenvalue weighted by molar-refractivity contribution is -0.129. The van der Waals surface area contributed by atoms with Crippen molar-refractivity contribution >= 4 is 11.8 Å². The number of nitrogens with one attached hydrogen (secondary N) is 1. The molecule has 0 spiro atoms. The van der Waals surface area contributed by atoms with E-state index in [9.17, 15) is 14.0 Å². The van der Waals surface area contributed by atoms with Gasteiger partial charge in [0.05, 0.1) is 12.0 Å². The Morgan fingerprint density at radius 1 is 1.19 bits per heavy atom. The summed E-state index contributed by atoms with van der Waals surface area (Å²) in [6.45, 7) is 4.82. The molecule has 0 unspecified atom stereocenters. The van der Waals surface area contributed by atoms with Crippen molar-refractivity contribution in [2.75, 3.05) is 6.54 Å². The Bertz CT molecular complexity index is 787. The SMILES string of the molecule is Cc1ccc(CN2C[C@@H](C(=O)N[C@H](C)c3ccc(F)cc3)CC2=O)cc1. The van der Waals surface area contributed by atoms with Crippen LogP contribution in [-0.2, 0) is 16.1 Å². The van der Waals surface area contributed by atoms with Crippen LogP contribution in [0.15, 0.2) is 48.5 Å². The summed E-state index contributed by atoms with van der Waals surface area (Å²) in [5.41, 5.74) is 3.07. The molecule has 0 radical (unpaired) electrons. The first kappa shape index (κ1) is 18.1. The maximum Gasteiger partial charge on any atom is 0.225 e. The van der Waals surface area contributed by atoms with E-state index in [1.165, 1.54) is 17.7 Å². The van der Waals surface area contributed by atoms with Crippen LogP contribution in [0.2, 0.25) is 0 Å². The molecule has 2 aromatic rings. The zero-order valence-corrected chi connectivity index (χ0v) is 15.0. The predicted octanol–water partition coefficient (Wildman–Crippen LogP) is 3.36. The number of benzene rings is 2. The van der Waals surface area contributed by atoms with Crippen LogP contribution < -0.4 is 5.32 Å². The molecular weight excluding hydrogens is 331 g/mol. The Labute approximate surface area is 153 Å². The van der Waals surface area contributed by atoms with Crippen molar-refractivity contribution in [3.8, 4) is 0 Å². The molecule has 1 aliphatic rings. The van der Waals surface area contributed by atoms with E-state index in [0.29, 0.717) is 13.1 Å². The Balaban J connectivity index is 1.57. The molecule has 0 aliphatic carbocycles. The van der Waals surface area contributed by atoms with Gasteiger partial charge in [0.1, 0.15) is 5.82 Å². The summed E-state index contributed by atoms with van der Waals surface area (Å²) in [5, 5.41) is 2.93. The van der Waals surface area contributed by atoms with E-state index >= 15 is 0 Å². The van der Waals surface area contributed by atoms with Crippen molar-refractivity contribution < 1.29 is 14.0 Å². The second kappa shape index (κ2) is 7.68. The third-order valence-corrected chi connectivity index (χ3v) is 4.81. The zero-order chi connectivity index (χ0) is 18.7. The first-order valence-electron chi connectivity index (χ1n) is 8.81. The van der Waals surface area contributed by atoms with Crippen LogP contribution in [0.5, 0.6) is 0 Å². The van der Waals surface area contributed by atoms with Crippen LogP contribution >= 0.6 is 0 Å². The molecule has 5 heteroatoms. The molecule has 136 valence electrons. The molecule has 0 aromatic heterocycles. The largest absolute Gasteiger partial charge is 0.349 e. The van der Waals surface area contributed by atoms with E-state index in [2.05, 4.69) is 5.32 Å². The molecule has 0 saturated carbocycles. The van der Waals surface area contributed by atoms with Crippen molar-refractivity contribution in [1.29, 1.82) is 0 Å². The minimum Gasteiger partial charge on any atom is -0.349 e. The molecule has 1 saturated heterocycles. The minimum atomic E-state index is -0.351. The van der Waals surface area contributed by atoms with Crippen LogP contribution in [0.4, 0.5) is 4.39 Å². The lowest BCUT2D eigenvalue weighted by Crippen LogP contribution is -2.34. The fraction of sp³-hybridized carbons (Fsp3) is 0.333. The van der Waals surface area contributed by atoms with Crippen LogP contribution in [-0.4, -0.2) is 23.3 Å². The number of carbonyl (C=O) groups is 2. The molecule has 1 heterocycles. The molecule has 0 bridgehead atoms. The Morgan fingerprint density at radius 2 is 1.85 bits per heavy atom. The molecule has 4 nitrogen and oxygen atoms in total. The van der Waals surface area contributed by atoms with Gasteiger partial charge in [0.2, 0.25) is 11.8 Å². The van der Waals surface area contributed by atoms with Gasteiger partial charge in [-0.05, 0) is 37.1 Å². The number of hydrogen-bond acceptors (Lipinski definition) is 2.